The summed E-state index contributed by atoms with van der Waals surface area (Å²) in [5, 5.41) is 9.26. The average molecular weight is 316 g/mol. The highest BCUT2D eigenvalue weighted by Crippen LogP contribution is 2.30. The van der Waals surface area contributed by atoms with E-state index in [-0.39, 0.29) is 23.4 Å². The monoisotopic (exact) mass is 315 g/mol. The number of halogens is 4. The molecule has 0 spiro atoms. The number of aromatic nitrogens is 1. The molecule has 0 aliphatic rings. The third-order valence-electron chi connectivity index (χ3n) is 1.87. The van der Waals surface area contributed by atoms with Crippen LogP contribution in [0.1, 0.15) is 11.3 Å². The summed E-state index contributed by atoms with van der Waals surface area (Å²) >= 11 is 3.06. The number of rotatable bonds is 4. The number of pyridine rings is 1. The van der Waals surface area contributed by atoms with Gasteiger partial charge in [0.2, 0.25) is 5.88 Å². The van der Waals surface area contributed by atoms with Crippen molar-refractivity contribution in [3.8, 4) is 11.6 Å². The molecule has 0 aliphatic carbocycles. The van der Waals surface area contributed by atoms with Crippen molar-refractivity contribution in [1.29, 1.82) is 0 Å². The second kappa shape index (κ2) is 5.54. The van der Waals surface area contributed by atoms with Crippen LogP contribution < -0.4 is 9.47 Å². The van der Waals surface area contributed by atoms with E-state index in [4.69, 9.17) is 9.84 Å². The van der Waals surface area contributed by atoms with Gasteiger partial charge in [-0.25, -0.2) is 4.98 Å². The van der Waals surface area contributed by atoms with Crippen molar-refractivity contribution in [2.45, 2.75) is 18.3 Å². The van der Waals surface area contributed by atoms with E-state index < -0.39 is 12.2 Å². The van der Waals surface area contributed by atoms with Gasteiger partial charge in [-0.15, -0.1) is 13.2 Å². The first kappa shape index (κ1) is 14.0. The van der Waals surface area contributed by atoms with Crippen LogP contribution in [-0.4, -0.2) is 23.6 Å². The molecule has 1 aromatic rings. The number of aliphatic hydroxyl groups is 1. The summed E-state index contributed by atoms with van der Waals surface area (Å²) in [5.41, 5.74) is 0.546. The number of ether oxygens (including phenoxy) is 2. The number of hydrogen-bond acceptors (Lipinski definition) is 4. The normalized spacial score (nSPS) is 11.4. The largest absolute Gasteiger partial charge is 0.574 e. The minimum absolute atomic E-state index is 0.0937. The summed E-state index contributed by atoms with van der Waals surface area (Å²) in [6, 6.07) is 0.977. The highest BCUT2D eigenvalue weighted by Gasteiger charge is 2.32. The fourth-order valence-corrected chi connectivity index (χ4v) is 1.67. The molecule has 1 N–H and O–H groups in total. The third kappa shape index (κ3) is 3.74. The highest BCUT2D eigenvalue weighted by atomic mass is 79.9. The number of hydrogen-bond donors (Lipinski definition) is 1. The second-order valence-electron chi connectivity index (χ2n) is 2.93. The standard InChI is InChI=1S/C9H9BrF3NO3/c1-16-7-2-8(17-9(11,12)13)14-6(3-10)5(7)4-15/h2,15H,3-4H2,1H3. The molecule has 1 heterocycles. The van der Waals surface area contributed by atoms with Crippen LogP contribution in [0.4, 0.5) is 13.2 Å². The van der Waals surface area contributed by atoms with Gasteiger partial charge < -0.3 is 14.6 Å². The molecule has 4 nitrogen and oxygen atoms in total. The Morgan fingerprint density at radius 1 is 1.47 bits per heavy atom. The van der Waals surface area contributed by atoms with Crippen molar-refractivity contribution in [2.24, 2.45) is 0 Å². The molecule has 8 heteroatoms. The zero-order valence-electron chi connectivity index (χ0n) is 8.71. The Hall–Kier alpha value is -1.02. The molecule has 0 aliphatic heterocycles. The number of methoxy groups -OCH3 is 1. The van der Waals surface area contributed by atoms with Gasteiger partial charge in [0.25, 0.3) is 0 Å². The van der Waals surface area contributed by atoms with Crippen LogP contribution in [0.3, 0.4) is 0 Å². The molecule has 0 bridgehead atoms. The Bertz CT molecular complexity index is 373. The van der Waals surface area contributed by atoms with Crippen molar-refractivity contribution < 1.29 is 27.8 Å². The van der Waals surface area contributed by atoms with Crippen LogP contribution in [0.15, 0.2) is 6.07 Å². The smallest absolute Gasteiger partial charge is 0.496 e. The fraction of sp³-hybridized carbons (Fsp3) is 0.444. The molecular formula is C9H9BrF3NO3. The molecule has 0 aromatic carbocycles. The van der Waals surface area contributed by atoms with Gasteiger partial charge in [0.05, 0.1) is 19.4 Å². The maximum absolute atomic E-state index is 12.0. The molecule has 0 atom stereocenters. The molecule has 1 aromatic heterocycles. The van der Waals surface area contributed by atoms with Crippen LogP contribution in [0.5, 0.6) is 11.6 Å². The summed E-state index contributed by atoms with van der Waals surface area (Å²) in [5.74, 6) is -0.530. The maximum Gasteiger partial charge on any atom is 0.574 e. The van der Waals surface area contributed by atoms with Gasteiger partial charge in [-0.2, -0.15) is 0 Å². The lowest BCUT2D eigenvalue weighted by Gasteiger charge is -2.13. The first-order valence-corrected chi connectivity index (χ1v) is 5.52. The van der Waals surface area contributed by atoms with E-state index in [2.05, 4.69) is 25.7 Å². The van der Waals surface area contributed by atoms with E-state index >= 15 is 0 Å². The Morgan fingerprint density at radius 2 is 2.12 bits per heavy atom. The highest BCUT2D eigenvalue weighted by molar-refractivity contribution is 9.08. The fourth-order valence-electron chi connectivity index (χ4n) is 1.21. The SMILES string of the molecule is COc1cc(OC(F)(F)F)nc(CBr)c1CO. The minimum Gasteiger partial charge on any atom is -0.496 e. The van der Waals surface area contributed by atoms with Gasteiger partial charge in [-0.3, -0.25) is 0 Å². The van der Waals surface area contributed by atoms with E-state index in [0.717, 1.165) is 6.07 Å². The molecule has 17 heavy (non-hydrogen) atoms. The first-order valence-electron chi connectivity index (χ1n) is 4.40. The van der Waals surface area contributed by atoms with Crippen LogP contribution in [0.25, 0.3) is 0 Å². The first-order chi connectivity index (χ1) is 7.91. The Morgan fingerprint density at radius 3 is 2.53 bits per heavy atom. The van der Waals surface area contributed by atoms with Crippen LogP contribution in [-0.2, 0) is 11.9 Å². The summed E-state index contributed by atoms with van der Waals surface area (Å²) in [4.78, 5) is 3.63. The quantitative estimate of drug-likeness (QED) is 0.867. The van der Waals surface area contributed by atoms with Crippen molar-refractivity contribution in [1.82, 2.24) is 4.98 Å². The predicted octanol–water partition coefficient (Wildman–Crippen LogP) is 2.38. The Kier molecular flexibility index (Phi) is 4.58. The molecule has 0 saturated heterocycles. The number of nitrogens with zero attached hydrogens (tertiary/aromatic N) is 1. The third-order valence-corrected chi connectivity index (χ3v) is 2.40. The Balaban J connectivity index is 3.18. The van der Waals surface area contributed by atoms with E-state index in [9.17, 15) is 13.2 Å². The van der Waals surface area contributed by atoms with Crippen LogP contribution >= 0.6 is 15.9 Å². The Labute approximate surface area is 103 Å². The van der Waals surface area contributed by atoms with Gasteiger partial charge in [0.1, 0.15) is 5.75 Å². The summed E-state index contributed by atoms with van der Waals surface area (Å²) < 4.78 is 44.7. The number of alkyl halides is 4. The molecule has 96 valence electrons. The van der Waals surface area contributed by atoms with Crippen molar-refractivity contribution in [3.05, 3.63) is 17.3 Å². The van der Waals surface area contributed by atoms with Crippen molar-refractivity contribution in [3.63, 3.8) is 0 Å². The molecule has 0 unspecified atom stereocenters. The number of aliphatic hydroxyl groups excluding tert-OH is 1. The average Bonchev–Trinajstić information content (AvgIpc) is 2.25. The lowest BCUT2D eigenvalue weighted by atomic mass is 10.2. The lowest BCUT2D eigenvalue weighted by molar-refractivity contribution is -0.276. The van der Waals surface area contributed by atoms with Gasteiger partial charge in [-0.05, 0) is 0 Å². The second-order valence-corrected chi connectivity index (χ2v) is 3.49. The summed E-state index contributed by atoms with van der Waals surface area (Å²) in [6.07, 6.45) is -4.82. The van der Waals surface area contributed by atoms with Gasteiger partial charge in [-0.1, -0.05) is 15.9 Å². The van der Waals surface area contributed by atoms with Crippen molar-refractivity contribution >= 4 is 15.9 Å². The molecule has 1 rings (SSSR count). The van der Waals surface area contributed by atoms with Gasteiger partial charge in [0.15, 0.2) is 0 Å². The van der Waals surface area contributed by atoms with E-state index in [1.807, 2.05) is 0 Å². The van der Waals surface area contributed by atoms with E-state index in [1.54, 1.807) is 0 Å². The van der Waals surface area contributed by atoms with E-state index in [1.165, 1.54) is 7.11 Å². The lowest BCUT2D eigenvalue weighted by Crippen LogP contribution is -2.18. The molecule has 0 saturated carbocycles. The molecule has 0 fully saturated rings. The topological polar surface area (TPSA) is 51.6 Å². The molecule has 0 radical (unpaired) electrons. The van der Waals surface area contributed by atoms with Crippen LogP contribution in [0, 0.1) is 0 Å². The summed E-state index contributed by atoms with van der Waals surface area (Å²) in [7, 11) is 1.28. The van der Waals surface area contributed by atoms with E-state index in [0.29, 0.717) is 5.56 Å². The van der Waals surface area contributed by atoms with Gasteiger partial charge >= 0.3 is 6.36 Å². The maximum atomic E-state index is 12.0. The zero-order chi connectivity index (χ0) is 13.1. The molecular weight excluding hydrogens is 307 g/mol. The van der Waals surface area contributed by atoms with Crippen LogP contribution in [0.2, 0.25) is 0 Å². The molecule has 0 amide bonds. The predicted molar refractivity (Wildman–Crippen MR) is 56.0 cm³/mol. The summed E-state index contributed by atoms with van der Waals surface area (Å²) in [6.45, 7) is -0.386. The van der Waals surface area contributed by atoms with Crippen molar-refractivity contribution in [2.75, 3.05) is 7.11 Å². The minimum atomic E-state index is -4.82. The zero-order valence-corrected chi connectivity index (χ0v) is 10.3. The van der Waals surface area contributed by atoms with Gasteiger partial charge in [0, 0.05) is 17.0 Å².